The van der Waals surface area contributed by atoms with Crippen LogP contribution in [0.2, 0.25) is 0 Å². The van der Waals surface area contributed by atoms with E-state index < -0.39 is 10.0 Å². The summed E-state index contributed by atoms with van der Waals surface area (Å²) in [4.78, 5) is 2.88. The number of ether oxygens (including phenoxy) is 1. The molecule has 0 spiro atoms. The maximum Gasteiger partial charge on any atom is 0.240 e. The zero-order valence-corrected chi connectivity index (χ0v) is 22.7. The van der Waals surface area contributed by atoms with Crippen molar-refractivity contribution in [3.8, 4) is 5.75 Å². The largest absolute Gasteiger partial charge is 0.496 e. The summed E-state index contributed by atoms with van der Waals surface area (Å²) >= 11 is 0. The molecule has 2 N–H and O–H groups in total. The van der Waals surface area contributed by atoms with E-state index in [-0.39, 0.29) is 6.04 Å². The molecular weight excluding hydrogens is 482 g/mol. The van der Waals surface area contributed by atoms with Crippen molar-refractivity contribution in [3.05, 3.63) is 95.6 Å². The summed E-state index contributed by atoms with van der Waals surface area (Å²) in [5.41, 5.74) is 3.53. The Kier molecular flexibility index (Phi) is 9.75. The Morgan fingerprint density at radius 1 is 0.946 bits per heavy atom. The molecule has 0 saturated carbocycles. The molecule has 1 aliphatic rings. The molecule has 0 bridgehead atoms. The van der Waals surface area contributed by atoms with Crippen molar-refractivity contribution in [2.24, 2.45) is 0 Å². The van der Waals surface area contributed by atoms with Crippen molar-refractivity contribution >= 4 is 10.0 Å². The van der Waals surface area contributed by atoms with E-state index in [1.54, 1.807) is 19.2 Å². The fourth-order valence-corrected chi connectivity index (χ4v) is 6.24. The van der Waals surface area contributed by atoms with Gasteiger partial charge in [0.05, 0.1) is 18.0 Å². The number of hydrogen-bond donors (Lipinski definition) is 2. The summed E-state index contributed by atoms with van der Waals surface area (Å²) in [5.74, 6) is 0.909. The molecule has 1 aliphatic heterocycles. The minimum atomic E-state index is -3.47. The van der Waals surface area contributed by atoms with Crippen LogP contribution in [0.4, 0.5) is 0 Å². The lowest BCUT2D eigenvalue weighted by Crippen LogP contribution is -2.48. The number of hydrogen-bond acceptors (Lipinski definition) is 5. The average Bonchev–Trinajstić information content (AvgIpc) is 2.92. The first-order valence-corrected chi connectivity index (χ1v) is 14.7. The first-order chi connectivity index (χ1) is 18.0. The molecule has 198 valence electrons. The fraction of sp³-hybridized carbons (Fsp3) is 0.400. The van der Waals surface area contributed by atoms with Gasteiger partial charge in [0.15, 0.2) is 0 Å². The Hall–Kier alpha value is -2.71. The summed E-state index contributed by atoms with van der Waals surface area (Å²) in [6, 6.07) is 26.5. The highest BCUT2D eigenvalue weighted by molar-refractivity contribution is 7.89. The highest BCUT2D eigenvalue weighted by Gasteiger charge is 2.32. The zero-order chi connectivity index (χ0) is 26.1. The van der Waals surface area contributed by atoms with E-state index in [1.165, 1.54) is 5.56 Å². The summed E-state index contributed by atoms with van der Waals surface area (Å²) in [6.45, 7) is 5.12. The van der Waals surface area contributed by atoms with Crippen LogP contribution < -0.4 is 14.8 Å². The second kappa shape index (κ2) is 13.2. The number of nitrogens with zero attached hydrogens (tertiary/aromatic N) is 1. The highest BCUT2D eigenvalue weighted by Crippen LogP contribution is 2.32. The average molecular weight is 522 g/mol. The third-order valence-corrected chi connectivity index (χ3v) is 8.60. The number of sulfonamides is 1. The molecule has 0 aliphatic carbocycles. The van der Waals surface area contributed by atoms with Gasteiger partial charge in [0.2, 0.25) is 10.0 Å². The smallest absolute Gasteiger partial charge is 0.240 e. The normalized spacial score (nSPS) is 18.5. The minimum Gasteiger partial charge on any atom is -0.496 e. The summed E-state index contributed by atoms with van der Waals surface area (Å²) < 4.78 is 33.5. The number of methoxy groups -OCH3 is 1. The van der Waals surface area contributed by atoms with E-state index >= 15 is 0 Å². The maximum absolute atomic E-state index is 12.6. The van der Waals surface area contributed by atoms with Crippen LogP contribution in [0.3, 0.4) is 0 Å². The van der Waals surface area contributed by atoms with Crippen molar-refractivity contribution in [2.75, 3.05) is 26.7 Å². The summed E-state index contributed by atoms with van der Waals surface area (Å²) in [5, 5.41) is 3.82. The van der Waals surface area contributed by atoms with Crippen molar-refractivity contribution in [3.63, 3.8) is 0 Å². The molecule has 37 heavy (non-hydrogen) atoms. The van der Waals surface area contributed by atoms with Crippen molar-refractivity contribution in [1.82, 2.24) is 14.9 Å². The standard InChI is InChI=1S/C30H39N3O3S/c1-24-16-18-27(19-17-24)37(34,35)32-20-8-9-21-33-22-10-14-28(30(33)25-11-4-3-5-12-25)31-23-26-13-6-7-15-29(26)36-2/h3-7,11-13,15-19,28,30-32H,8-10,14,20-23H2,1-2H3/t28-,30-/m0/s1. The lowest BCUT2D eigenvalue weighted by atomic mass is 9.89. The number of nitrogens with one attached hydrogen (secondary N) is 2. The van der Waals surface area contributed by atoms with E-state index in [4.69, 9.17) is 4.74 Å². The van der Waals surface area contributed by atoms with Gasteiger partial charge in [-0.2, -0.15) is 0 Å². The molecule has 3 aromatic carbocycles. The molecule has 1 heterocycles. The first kappa shape index (κ1) is 27.3. The zero-order valence-electron chi connectivity index (χ0n) is 21.9. The maximum atomic E-state index is 12.6. The van der Waals surface area contributed by atoms with Crippen molar-refractivity contribution in [2.45, 2.75) is 56.1 Å². The van der Waals surface area contributed by atoms with E-state index in [0.717, 1.165) is 62.2 Å². The van der Waals surface area contributed by atoms with Crippen LogP contribution in [0.5, 0.6) is 5.75 Å². The number of para-hydroxylation sites is 1. The Morgan fingerprint density at radius 3 is 2.43 bits per heavy atom. The predicted molar refractivity (Wildman–Crippen MR) is 149 cm³/mol. The van der Waals surface area contributed by atoms with Gasteiger partial charge in [-0.05, 0) is 69.5 Å². The topological polar surface area (TPSA) is 70.7 Å². The van der Waals surface area contributed by atoms with Gasteiger partial charge < -0.3 is 10.1 Å². The number of rotatable bonds is 12. The summed E-state index contributed by atoms with van der Waals surface area (Å²) in [7, 11) is -1.75. The lowest BCUT2D eigenvalue weighted by Gasteiger charge is -2.42. The van der Waals surface area contributed by atoms with Gasteiger partial charge in [-0.3, -0.25) is 4.90 Å². The highest BCUT2D eigenvalue weighted by atomic mass is 32.2. The SMILES string of the molecule is COc1ccccc1CN[C@H]1CCCN(CCCCNS(=O)(=O)c2ccc(C)cc2)[C@H]1c1ccccc1. The molecule has 0 unspecified atom stereocenters. The van der Waals surface area contributed by atoms with Crippen LogP contribution in [0.25, 0.3) is 0 Å². The van der Waals surface area contributed by atoms with Gasteiger partial charge in [-0.1, -0.05) is 66.2 Å². The van der Waals surface area contributed by atoms with Crippen LogP contribution >= 0.6 is 0 Å². The Labute approximate surface area is 222 Å². The van der Waals surface area contributed by atoms with Crippen LogP contribution in [0.15, 0.2) is 83.8 Å². The van der Waals surface area contributed by atoms with Gasteiger partial charge >= 0.3 is 0 Å². The second-order valence-electron chi connectivity index (χ2n) is 9.75. The Bertz CT molecular complexity index is 1220. The van der Waals surface area contributed by atoms with Crippen LogP contribution in [0.1, 0.15) is 48.4 Å². The second-order valence-corrected chi connectivity index (χ2v) is 11.5. The summed E-state index contributed by atoms with van der Waals surface area (Å²) in [6.07, 6.45) is 3.97. The minimum absolute atomic E-state index is 0.272. The van der Waals surface area contributed by atoms with E-state index in [9.17, 15) is 8.42 Å². The Balaban J connectivity index is 1.35. The van der Waals surface area contributed by atoms with Crippen molar-refractivity contribution in [1.29, 1.82) is 0 Å². The molecule has 6 nitrogen and oxygen atoms in total. The molecule has 0 aromatic heterocycles. The molecule has 3 aromatic rings. The van der Waals surface area contributed by atoms with Crippen LogP contribution in [-0.2, 0) is 16.6 Å². The lowest BCUT2D eigenvalue weighted by molar-refractivity contribution is 0.109. The quantitative estimate of drug-likeness (QED) is 0.326. The molecule has 0 radical (unpaired) electrons. The molecule has 0 amide bonds. The number of benzene rings is 3. The fourth-order valence-electron chi connectivity index (χ4n) is 5.16. The van der Waals surface area contributed by atoms with E-state index in [1.807, 2.05) is 31.2 Å². The molecule has 2 atom stereocenters. The van der Waals surface area contributed by atoms with Gasteiger partial charge in [-0.15, -0.1) is 0 Å². The molecule has 1 saturated heterocycles. The number of likely N-dealkylation sites (tertiary alicyclic amines) is 1. The van der Waals surface area contributed by atoms with Gasteiger partial charge in [0, 0.05) is 24.7 Å². The Morgan fingerprint density at radius 2 is 1.68 bits per heavy atom. The third kappa shape index (κ3) is 7.42. The van der Waals surface area contributed by atoms with E-state index in [2.05, 4.69) is 57.4 Å². The van der Waals surface area contributed by atoms with Crippen LogP contribution in [0, 0.1) is 6.92 Å². The molecular formula is C30H39N3O3S. The third-order valence-electron chi connectivity index (χ3n) is 7.12. The molecule has 4 rings (SSSR count). The number of aryl methyl sites for hydroxylation is 1. The van der Waals surface area contributed by atoms with E-state index in [0.29, 0.717) is 17.5 Å². The number of unbranched alkanes of at least 4 members (excludes halogenated alkanes) is 1. The predicted octanol–water partition coefficient (Wildman–Crippen LogP) is 5.06. The molecule has 7 heteroatoms. The van der Waals surface area contributed by atoms with Crippen molar-refractivity contribution < 1.29 is 13.2 Å². The van der Waals surface area contributed by atoms with Gasteiger partial charge in [0.1, 0.15) is 5.75 Å². The first-order valence-electron chi connectivity index (χ1n) is 13.2. The van der Waals surface area contributed by atoms with Gasteiger partial charge in [-0.25, -0.2) is 13.1 Å². The monoisotopic (exact) mass is 521 g/mol. The number of piperidine rings is 1. The van der Waals surface area contributed by atoms with Gasteiger partial charge in [0.25, 0.3) is 0 Å². The van der Waals surface area contributed by atoms with Crippen LogP contribution in [-0.4, -0.2) is 46.1 Å². The molecule has 1 fully saturated rings.